The van der Waals surface area contributed by atoms with Crippen LogP contribution in [0.3, 0.4) is 0 Å². The van der Waals surface area contributed by atoms with Crippen LogP contribution >= 0.6 is 0 Å². The van der Waals surface area contributed by atoms with Gasteiger partial charge in [-0.2, -0.15) is 0 Å². The molecule has 0 radical (unpaired) electrons. The van der Waals surface area contributed by atoms with Crippen LogP contribution < -0.4 is 26.6 Å². The molecule has 0 aromatic heterocycles. The van der Waals surface area contributed by atoms with Crippen molar-refractivity contribution in [1.82, 2.24) is 21.3 Å². The maximum absolute atomic E-state index is 12.3. The first-order valence-electron chi connectivity index (χ1n) is 8.58. The Morgan fingerprint density at radius 3 is 2.88 bits per heavy atom. The van der Waals surface area contributed by atoms with Gasteiger partial charge in [-0.15, -0.1) is 0 Å². The molecule has 3 aliphatic rings. The minimum absolute atomic E-state index is 0.153. The molecule has 2 fully saturated rings. The zero-order valence-corrected chi connectivity index (χ0v) is 14.0. The minimum atomic E-state index is -0.922. The second-order valence-corrected chi connectivity index (χ2v) is 6.82. The van der Waals surface area contributed by atoms with E-state index in [1.165, 1.54) is 0 Å². The first-order chi connectivity index (χ1) is 12.5. The average molecular weight is 357 g/mol. The summed E-state index contributed by atoms with van der Waals surface area (Å²) in [6.07, 6.45) is 2.12. The second kappa shape index (κ2) is 6.01. The van der Waals surface area contributed by atoms with Crippen molar-refractivity contribution in [2.45, 2.75) is 31.3 Å². The highest BCUT2D eigenvalue weighted by Gasteiger charge is 2.54. The fraction of sp³-hybridized carbons (Fsp3) is 0.412. The van der Waals surface area contributed by atoms with Gasteiger partial charge in [0.1, 0.15) is 5.54 Å². The summed E-state index contributed by atoms with van der Waals surface area (Å²) >= 11 is 0. The molecule has 9 nitrogen and oxygen atoms in total. The van der Waals surface area contributed by atoms with E-state index in [1.54, 1.807) is 18.2 Å². The van der Waals surface area contributed by atoms with Crippen molar-refractivity contribution >= 4 is 29.6 Å². The molecule has 2 atom stereocenters. The molecule has 1 saturated heterocycles. The molecule has 1 aromatic rings. The first kappa shape index (κ1) is 16.4. The number of anilines is 1. The Balaban J connectivity index is 1.40. The van der Waals surface area contributed by atoms with Gasteiger partial charge >= 0.3 is 12.1 Å². The number of fused-ring (bicyclic) bond motifs is 1. The van der Waals surface area contributed by atoms with E-state index in [4.69, 9.17) is 0 Å². The van der Waals surface area contributed by atoms with Gasteiger partial charge in [-0.25, -0.2) is 9.59 Å². The van der Waals surface area contributed by atoms with Crippen LogP contribution in [0.2, 0.25) is 0 Å². The molecule has 136 valence electrons. The van der Waals surface area contributed by atoms with E-state index in [2.05, 4.69) is 26.6 Å². The lowest BCUT2D eigenvalue weighted by atomic mass is 9.87. The standard InChI is InChI=1S/C17H19N5O4/c23-13-10-4-1-5-12(11(10)8-18-13)20-15(25)19-7-9-3-2-6-17(9)14(24)21-16(26)22-17/h1,4-5,9H,2-3,6-8H2,(H,18,23)(H2,19,20,25)(H2,21,22,24,26). The van der Waals surface area contributed by atoms with E-state index in [1.807, 2.05) is 0 Å². The van der Waals surface area contributed by atoms with Crippen molar-refractivity contribution in [1.29, 1.82) is 0 Å². The summed E-state index contributed by atoms with van der Waals surface area (Å²) in [7, 11) is 0. The monoisotopic (exact) mass is 357 g/mol. The van der Waals surface area contributed by atoms with Crippen LogP contribution in [0.25, 0.3) is 0 Å². The van der Waals surface area contributed by atoms with E-state index in [0.717, 1.165) is 18.4 Å². The zero-order valence-electron chi connectivity index (χ0n) is 14.0. The molecule has 1 spiro atoms. The normalized spacial score (nSPS) is 26.3. The summed E-state index contributed by atoms with van der Waals surface area (Å²) < 4.78 is 0. The summed E-state index contributed by atoms with van der Waals surface area (Å²) in [5, 5.41) is 13.3. The number of imide groups is 1. The summed E-state index contributed by atoms with van der Waals surface area (Å²) in [6.45, 7) is 0.647. The number of nitrogens with one attached hydrogen (secondary N) is 5. The molecule has 1 aliphatic carbocycles. The van der Waals surface area contributed by atoms with E-state index in [-0.39, 0.29) is 24.3 Å². The Kier molecular flexibility index (Phi) is 3.78. The van der Waals surface area contributed by atoms with Crippen molar-refractivity contribution < 1.29 is 19.2 Å². The molecule has 0 bridgehead atoms. The Morgan fingerprint density at radius 1 is 1.27 bits per heavy atom. The van der Waals surface area contributed by atoms with Crippen LogP contribution in [0, 0.1) is 5.92 Å². The molecule has 4 rings (SSSR count). The van der Waals surface area contributed by atoms with E-state index in [0.29, 0.717) is 24.2 Å². The van der Waals surface area contributed by atoms with Gasteiger partial charge in [0.15, 0.2) is 0 Å². The lowest BCUT2D eigenvalue weighted by Crippen LogP contribution is -2.53. The number of benzene rings is 1. The van der Waals surface area contributed by atoms with Crippen LogP contribution in [0.4, 0.5) is 15.3 Å². The number of carbonyl (C=O) groups is 4. The zero-order chi connectivity index (χ0) is 18.3. The topological polar surface area (TPSA) is 128 Å². The van der Waals surface area contributed by atoms with Gasteiger partial charge in [-0.05, 0) is 25.0 Å². The number of carbonyl (C=O) groups excluding carboxylic acids is 4. The van der Waals surface area contributed by atoms with Crippen molar-refractivity contribution in [3.63, 3.8) is 0 Å². The Labute approximate surface area is 149 Å². The van der Waals surface area contributed by atoms with Gasteiger partial charge in [0.05, 0.1) is 0 Å². The SMILES string of the molecule is O=C(NCC1CCCC12NC(=O)NC2=O)Nc1cccc2c1CNC2=O. The quantitative estimate of drug-likeness (QED) is 0.503. The van der Waals surface area contributed by atoms with Gasteiger partial charge in [0, 0.05) is 35.8 Å². The van der Waals surface area contributed by atoms with Crippen molar-refractivity contribution in [2.75, 3.05) is 11.9 Å². The molecular weight excluding hydrogens is 338 g/mol. The van der Waals surface area contributed by atoms with Crippen molar-refractivity contribution in [2.24, 2.45) is 5.92 Å². The van der Waals surface area contributed by atoms with Gasteiger partial charge in [-0.3, -0.25) is 14.9 Å². The van der Waals surface area contributed by atoms with Crippen LogP contribution in [-0.2, 0) is 11.3 Å². The van der Waals surface area contributed by atoms with Crippen LogP contribution in [0.1, 0.15) is 35.2 Å². The largest absolute Gasteiger partial charge is 0.348 e. The highest BCUT2D eigenvalue weighted by molar-refractivity contribution is 6.07. The summed E-state index contributed by atoms with van der Waals surface area (Å²) in [5.41, 5.74) is 0.969. The number of hydrogen-bond donors (Lipinski definition) is 5. The molecule has 1 aromatic carbocycles. The number of amides is 6. The van der Waals surface area contributed by atoms with Gasteiger partial charge in [0.25, 0.3) is 11.8 Å². The molecule has 2 unspecified atom stereocenters. The lowest BCUT2D eigenvalue weighted by molar-refractivity contribution is -0.125. The van der Waals surface area contributed by atoms with Crippen molar-refractivity contribution in [3.8, 4) is 0 Å². The van der Waals surface area contributed by atoms with Crippen molar-refractivity contribution in [3.05, 3.63) is 29.3 Å². The lowest BCUT2D eigenvalue weighted by Gasteiger charge is -2.28. The summed E-state index contributed by atoms with van der Waals surface area (Å²) in [4.78, 5) is 47.6. The van der Waals surface area contributed by atoms with Gasteiger partial charge < -0.3 is 21.3 Å². The summed E-state index contributed by atoms with van der Waals surface area (Å²) in [6, 6.07) is 4.27. The third-order valence-electron chi connectivity index (χ3n) is 5.39. The molecule has 1 saturated carbocycles. The number of hydrogen-bond acceptors (Lipinski definition) is 4. The average Bonchev–Trinajstić information content (AvgIpc) is 3.26. The highest BCUT2D eigenvalue weighted by atomic mass is 16.2. The van der Waals surface area contributed by atoms with Crippen LogP contribution in [0.15, 0.2) is 18.2 Å². The van der Waals surface area contributed by atoms with E-state index >= 15 is 0 Å². The molecule has 2 heterocycles. The molecule has 2 aliphatic heterocycles. The predicted molar refractivity (Wildman–Crippen MR) is 91.4 cm³/mol. The molecule has 9 heteroatoms. The first-order valence-corrected chi connectivity index (χ1v) is 8.58. The number of urea groups is 2. The molecule has 6 amide bonds. The molecule has 26 heavy (non-hydrogen) atoms. The van der Waals surface area contributed by atoms with Crippen LogP contribution in [-0.4, -0.2) is 36.0 Å². The van der Waals surface area contributed by atoms with Crippen LogP contribution in [0.5, 0.6) is 0 Å². The maximum atomic E-state index is 12.3. The van der Waals surface area contributed by atoms with E-state index in [9.17, 15) is 19.2 Å². The third-order valence-corrected chi connectivity index (χ3v) is 5.39. The maximum Gasteiger partial charge on any atom is 0.322 e. The Hall–Kier alpha value is -3.10. The Bertz CT molecular complexity index is 823. The van der Waals surface area contributed by atoms with Gasteiger partial charge in [-0.1, -0.05) is 12.5 Å². The molecule has 5 N–H and O–H groups in total. The minimum Gasteiger partial charge on any atom is -0.348 e. The predicted octanol–water partition coefficient (Wildman–Crippen LogP) is 0.430. The smallest absolute Gasteiger partial charge is 0.322 e. The third kappa shape index (κ3) is 2.56. The second-order valence-electron chi connectivity index (χ2n) is 6.82. The molecular formula is C17H19N5O4. The Morgan fingerprint density at radius 2 is 2.12 bits per heavy atom. The fourth-order valence-electron chi connectivity index (χ4n) is 4.08. The number of rotatable bonds is 3. The highest BCUT2D eigenvalue weighted by Crippen LogP contribution is 2.37. The van der Waals surface area contributed by atoms with E-state index < -0.39 is 17.6 Å². The van der Waals surface area contributed by atoms with Gasteiger partial charge in [0.2, 0.25) is 0 Å². The fourth-order valence-corrected chi connectivity index (χ4v) is 4.08. The summed E-state index contributed by atoms with van der Waals surface area (Å²) in [5.74, 6) is -0.637.